The van der Waals surface area contributed by atoms with Gasteiger partial charge in [-0.3, -0.25) is 18.8 Å². The second kappa shape index (κ2) is 20.5. The molecule has 4 heterocycles. The molecule has 4 aromatic carbocycles. The number of unbranched alkanes of at least 4 members (excludes halogenated alkanes) is 1. The Morgan fingerprint density at radius 1 is 0.738 bits per heavy atom. The first-order chi connectivity index (χ1) is 29.9. The van der Waals surface area contributed by atoms with Crippen LogP contribution >= 0.6 is 11.8 Å². The number of likely N-dealkylation sites (tertiary alicyclic amines) is 1. The van der Waals surface area contributed by atoms with Gasteiger partial charge in [-0.1, -0.05) is 110 Å². The first-order valence-corrected chi connectivity index (χ1v) is 23.1. The Bertz CT molecular complexity index is 2240. The van der Waals surface area contributed by atoms with Crippen LogP contribution in [0.15, 0.2) is 120 Å². The third kappa shape index (κ3) is 10.8. The molecular weight excluding hydrogens is 785 g/mol. The number of imidazole rings is 1. The molecule has 11 nitrogen and oxygen atoms in total. The Hall–Kier alpha value is -5.33. The van der Waals surface area contributed by atoms with Crippen LogP contribution in [-0.2, 0) is 35.6 Å². The number of rotatable bonds is 19. The van der Waals surface area contributed by atoms with Gasteiger partial charge in [0.05, 0.1) is 23.1 Å². The summed E-state index contributed by atoms with van der Waals surface area (Å²) in [6.45, 7) is 3.17. The molecule has 320 valence electrons. The van der Waals surface area contributed by atoms with E-state index in [9.17, 15) is 19.2 Å². The highest BCUT2D eigenvalue weighted by molar-refractivity contribution is 8.00. The molecule has 2 N–H and O–H groups in total. The second-order valence-electron chi connectivity index (χ2n) is 16.8. The number of amides is 3. The molecule has 0 unspecified atom stereocenters. The Morgan fingerprint density at radius 3 is 2.02 bits per heavy atom. The van der Waals surface area contributed by atoms with Crippen molar-refractivity contribution >= 4 is 40.7 Å². The minimum Gasteiger partial charge on any atom is -0.448 e. The molecular formula is C49H58N6O5S. The molecule has 3 saturated heterocycles. The van der Waals surface area contributed by atoms with E-state index in [2.05, 4.69) is 88.3 Å². The molecule has 4 atom stereocenters. The first kappa shape index (κ1) is 42.4. The van der Waals surface area contributed by atoms with E-state index in [1.54, 1.807) is 4.90 Å². The predicted octanol–water partition coefficient (Wildman–Crippen LogP) is 7.97. The van der Waals surface area contributed by atoms with Crippen LogP contribution in [0.4, 0.5) is 9.59 Å². The molecule has 3 aliphatic heterocycles. The molecule has 0 spiro atoms. The van der Waals surface area contributed by atoms with Gasteiger partial charge >= 0.3 is 17.8 Å². The lowest BCUT2D eigenvalue weighted by atomic mass is 10.0. The zero-order valence-electron chi connectivity index (χ0n) is 34.9. The van der Waals surface area contributed by atoms with E-state index in [1.165, 1.54) is 16.7 Å². The summed E-state index contributed by atoms with van der Waals surface area (Å²) < 4.78 is 9.91. The second-order valence-corrected chi connectivity index (χ2v) is 18.1. The average molecular weight is 843 g/mol. The van der Waals surface area contributed by atoms with Gasteiger partial charge in [0.1, 0.15) is 12.4 Å². The standard InChI is InChI=1S/C49H58N6O5S/c56-41(21-10-13-25-45-46-42(35-61-45)50-47(57)51-46)22-14-28-54-43-23-11-12-24-44(43)55(48(54)58)39-26-29-52(30-27-39)49(59)60-34-40(31-36-15-4-1-5-16-36)53(32-37-17-6-2-7-18-37)33-38-19-8-3-9-20-38/h1-9,11-12,15-20,23-24,39-40,42,45-46H,10,13-14,21-22,25-35H2,(H2,50,51,57)/t40-,42-,45-,46-/m0/s1. The quantitative estimate of drug-likeness (QED) is 0.0640. The molecule has 0 radical (unpaired) electrons. The minimum absolute atomic E-state index is 0.0518. The zero-order chi connectivity index (χ0) is 42.0. The molecule has 3 aliphatic rings. The van der Waals surface area contributed by atoms with Crippen LogP contribution in [0, 0.1) is 0 Å². The highest BCUT2D eigenvalue weighted by atomic mass is 32.2. The van der Waals surface area contributed by atoms with E-state index in [4.69, 9.17) is 4.74 Å². The number of aromatic nitrogens is 2. The van der Waals surface area contributed by atoms with Crippen LogP contribution in [0.1, 0.15) is 74.1 Å². The molecule has 0 aliphatic carbocycles. The maximum Gasteiger partial charge on any atom is 0.409 e. The van der Waals surface area contributed by atoms with Crippen molar-refractivity contribution in [1.29, 1.82) is 0 Å². The van der Waals surface area contributed by atoms with Crippen molar-refractivity contribution in [1.82, 2.24) is 29.6 Å². The van der Waals surface area contributed by atoms with Crippen LogP contribution in [0.3, 0.4) is 0 Å². The van der Waals surface area contributed by atoms with Gasteiger partial charge < -0.3 is 20.3 Å². The van der Waals surface area contributed by atoms with Crippen LogP contribution in [-0.4, -0.2) is 85.7 Å². The van der Waals surface area contributed by atoms with Crippen molar-refractivity contribution in [3.05, 3.63) is 142 Å². The number of urea groups is 1. The number of nitrogens with zero attached hydrogens (tertiary/aromatic N) is 4. The third-order valence-electron chi connectivity index (χ3n) is 12.6. The highest BCUT2D eigenvalue weighted by Gasteiger charge is 2.42. The topological polar surface area (TPSA) is 118 Å². The van der Waals surface area contributed by atoms with Gasteiger partial charge in [0, 0.05) is 68.7 Å². The normalized spacial score (nSPS) is 19.5. The summed E-state index contributed by atoms with van der Waals surface area (Å²) in [4.78, 5) is 56.6. The molecule has 5 aromatic rings. The molecule has 3 fully saturated rings. The van der Waals surface area contributed by atoms with E-state index in [0.29, 0.717) is 57.0 Å². The Kier molecular flexibility index (Phi) is 14.2. The number of piperidine rings is 1. The van der Waals surface area contributed by atoms with E-state index in [-0.39, 0.29) is 54.4 Å². The fourth-order valence-electron chi connectivity index (χ4n) is 9.37. The monoisotopic (exact) mass is 842 g/mol. The lowest BCUT2D eigenvalue weighted by Crippen LogP contribution is -2.44. The Balaban J connectivity index is 0.852. The van der Waals surface area contributed by atoms with Crippen molar-refractivity contribution in [2.24, 2.45) is 0 Å². The van der Waals surface area contributed by atoms with Crippen LogP contribution in [0.25, 0.3) is 11.0 Å². The zero-order valence-corrected chi connectivity index (χ0v) is 35.7. The first-order valence-electron chi connectivity index (χ1n) is 22.1. The van der Waals surface area contributed by atoms with Gasteiger partial charge in [-0.2, -0.15) is 11.8 Å². The van der Waals surface area contributed by atoms with Gasteiger partial charge in [-0.05, 0) is 67.3 Å². The molecule has 1 aromatic heterocycles. The number of fused-ring (bicyclic) bond motifs is 2. The van der Waals surface area contributed by atoms with Crippen molar-refractivity contribution in [3.63, 3.8) is 0 Å². The molecule has 0 bridgehead atoms. The van der Waals surface area contributed by atoms with E-state index < -0.39 is 0 Å². The van der Waals surface area contributed by atoms with Crippen molar-refractivity contribution in [2.45, 2.75) is 107 Å². The SMILES string of the molecule is O=C(CCCC[C@@H]1SC[C@@H]2NC(=O)N[C@@H]21)CCCn1c(=O)n(C2CCN(C(=O)OC[C@H](Cc3ccccc3)N(Cc3ccccc3)Cc3ccccc3)CC2)c2ccccc21. The van der Waals surface area contributed by atoms with Crippen LogP contribution in [0.5, 0.6) is 0 Å². The van der Waals surface area contributed by atoms with Crippen molar-refractivity contribution in [2.75, 3.05) is 25.4 Å². The maximum absolute atomic E-state index is 14.1. The maximum atomic E-state index is 14.1. The number of ketones is 1. The van der Waals surface area contributed by atoms with Gasteiger partial charge in [-0.15, -0.1) is 0 Å². The molecule has 0 saturated carbocycles. The third-order valence-corrected chi connectivity index (χ3v) is 14.1. The molecule has 8 rings (SSSR count). The van der Waals surface area contributed by atoms with Gasteiger partial charge in [0.15, 0.2) is 0 Å². The van der Waals surface area contributed by atoms with Crippen LogP contribution < -0.4 is 16.3 Å². The lowest BCUT2D eigenvalue weighted by Gasteiger charge is -2.34. The molecule has 61 heavy (non-hydrogen) atoms. The average Bonchev–Trinajstić information content (AvgIpc) is 3.94. The fraction of sp³-hybridized carbons (Fsp3) is 0.429. The van der Waals surface area contributed by atoms with Crippen molar-refractivity contribution < 1.29 is 19.1 Å². The molecule has 12 heteroatoms. The summed E-state index contributed by atoms with van der Waals surface area (Å²) in [5.74, 6) is 1.17. The number of hydrogen-bond donors (Lipinski definition) is 2. The smallest absolute Gasteiger partial charge is 0.409 e. The number of benzene rings is 4. The Labute approximate surface area is 362 Å². The van der Waals surface area contributed by atoms with E-state index >= 15 is 0 Å². The fourth-order valence-corrected chi connectivity index (χ4v) is 10.9. The van der Waals surface area contributed by atoms with Gasteiger partial charge in [-0.25, -0.2) is 14.4 Å². The number of carbonyl (C=O) groups excluding carboxylic acids is 3. The minimum atomic E-state index is -0.319. The van der Waals surface area contributed by atoms with Crippen molar-refractivity contribution in [3.8, 4) is 0 Å². The number of carbonyl (C=O) groups is 3. The summed E-state index contributed by atoms with van der Waals surface area (Å²) in [6, 6.07) is 39.4. The summed E-state index contributed by atoms with van der Waals surface area (Å²) in [7, 11) is 0. The number of thioether (sulfide) groups is 1. The van der Waals surface area contributed by atoms with E-state index in [0.717, 1.165) is 55.6 Å². The number of hydrogen-bond acceptors (Lipinski definition) is 7. The summed E-state index contributed by atoms with van der Waals surface area (Å²) in [6.07, 6.45) is 6.10. The van der Waals surface area contributed by atoms with Crippen LogP contribution in [0.2, 0.25) is 0 Å². The Morgan fingerprint density at radius 2 is 1.34 bits per heavy atom. The largest absolute Gasteiger partial charge is 0.448 e. The highest BCUT2D eigenvalue weighted by Crippen LogP contribution is 2.33. The number of aryl methyl sites for hydroxylation is 1. The van der Waals surface area contributed by atoms with Gasteiger partial charge in [0.25, 0.3) is 0 Å². The predicted molar refractivity (Wildman–Crippen MR) is 242 cm³/mol. The lowest BCUT2D eigenvalue weighted by molar-refractivity contribution is -0.119. The number of nitrogens with one attached hydrogen (secondary N) is 2. The summed E-state index contributed by atoms with van der Waals surface area (Å²) >= 11 is 1.91. The molecule has 3 amide bonds. The number of Topliss-reactive ketones (excluding diaryl/α,β-unsaturated/α-hetero) is 1. The van der Waals surface area contributed by atoms with E-state index in [1.807, 2.05) is 63.4 Å². The summed E-state index contributed by atoms with van der Waals surface area (Å²) in [5.41, 5.74) is 5.30. The number of ether oxygens (including phenoxy) is 1. The number of para-hydroxylation sites is 2. The van der Waals surface area contributed by atoms with Gasteiger partial charge in [0.2, 0.25) is 0 Å². The summed E-state index contributed by atoms with van der Waals surface area (Å²) in [5, 5.41) is 6.43.